The van der Waals surface area contributed by atoms with Crippen molar-refractivity contribution in [3.05, 3.63) is 29.3 Å². The number of nitrogens with one attached hydrogen (secondary N) is 1. The molecule has 0 spiro atoms. The number of urea groups is 1. The molecule has 0 bridgehead atoms. The van der Waals surface area contributed by atoms with E-state index in [0.29, 0.717) is 0 Å². The number of para-hydroxylation sites is 1. The lowest BCUT2D eigenvalue weighted by Crippen LogP contribution is -2.38. The van der Waals surface area contributed by atoms with Crippen LogP contribution in [0.5, 0.6) is 0 Å². The molecule has 0 saturated carbocycles. The molecule has 5 nitrogen and oxygen atoms in total. The van der Waals surface area contributed by atoms with E-state index < -0.39 is 6.03 Å². The molecule has 0 fully saturated rings. The summed E-state index contributed by atoms with van der Waals surface area (Å²) in [5, 5.41) is 2.78. The van der Waals surface area contributed by atoms with Crippen molar-refractivity contribution < 1.29 is 4.79 Å². The number of aryl methyl sites for hydroxylation is 2. The maximum Gasteiger partial charge on any atom is 0.348 e. The highest BCUT2D eigenvalue weighted by Gasteiger charge is 2.09. The summed E-state index contributed by atoms with van der Waals surface area (Å²) in [4.78, 5) is 17.5. The number of hydrogen-bond donors (Lipinski definition) is 2. The Balaban J connectivity index is 0.00000361. The van der Waals surface area contributed by atoms with Gasteiger partial charge in [0, 0.05) is 18.8 Å². The zero-order valence-corrected chi connectivity index (χ0v) is 13.3. The Labute approximate surface area is 126 Å². The number of carbonyl (C=O) groups is 1. The van der Waals surface area contributed by atoms with Crippen LogP contribution in [0.1, 0.15) is 25.0 Å². The van der Waals surface area contributed by atoms with E-state index >= 15 is 0 Å². The first-order valence-electron chi connectivity index (χ1n) is 6.45. The minimum absolute atomic E-state index is 0. The van der Waals surface area contributed by atoms with Crippen LogP contribution >= 0.6 is 12.4 Å². The number of aliphatic imine (C=N–C) groups is 1. The van der Waals surface area contributed by atoms with E-state index in [1.807, 2.05) is 50.8 Å². The van der Waals surface area contributed by atoms with Gasteiger partial charge in [-0.2, -0.15) is 4.99 Å². The fourth-order valence-electron chi connectivity index (χ4n) is 1.87. The predicted octanol–water partition coefficient (Wildman–Crippen LogP) is 2.91. The Kier molecular flexibility index (Phi) is 7.69. The SMILES string of the molecule is CCN(CC)/C(N)=N/C(=O)Nc1c(C)cccc1C.Cl. The average Bonchev–Trinajstić information content (AvgIpc) is 2.35. The topological polar surface area (TPSA) is 70.7 Å². The first-order valence-corrected chi connectivity index (χ1v) is 6.45. The van der Waals surface area contributed by atoms with Crippen molar-refractivity contribution in [1.29, 1.82) is 0 Å². The summed E-state index contributed by atoms with van der Waals surface area (Å²) in [6.07, 6.45) is 0. The molecule has 0 aromatic heterocycles. The van der Waals surface area contributed by atoms with Gasteiger partial charge < -0.3 is 16.0 Å². The standard InChI is InChI=1S/C14H22N4O.ClH/c1-5-18(6-2)13(15)17-14(19)16-12-10(3)8-7-9-11(12)4;/h7-9H,5-6H2,1-4H3,(H3,15,16,17,19);1H. The van der Waals surface area contributed by atoms with Gasteiger partial charge in [0.05, 0.1) is 0 Å². The maximum atomic E-state index is 11.9. The van der Waals surface area contributed by atoms with Gasteiger partial charge >= 0.3 is 6.03 Å². The van der Waals surface area contributed by atoms with Crippen LogP contribution in [0.25, 0.3) is 0 Å². The molecular weight excluding hydrogens is 276 g/mol. The molecule has 0 saturated heterocycles. The van der Waals surface area contributed by atoms with Gasteiger partial charge in [-0.3, -0.25) is 0 Å². The highest BCUT2D eigenvalue weighted by atomic mass is 35.5. The molecule has 0 aliphatic heterocycles. The van der Waals surface area contributed by atoms with Gasteiger partial charge in [0.25, 0.3) is 0 Å². The van der Waals surface area contributed by atoms with Gasteiger partial charge in [0.2, 0.25) is 5.96 Å². The van der Waals surface area contributed by atoms with E-state index in [2.05, 4.69) is 10.3 Å². The van der Waals surface area contributed by atoms with Crippen LogP contribution in [0.4, 0.5) is 10.5 Å². The zero-order chi connectivity index (χ0) is 14.4. The molecule has 0 aliphatic carbocycles. The molecule has 3 N–H and O–H groups in total. The van der Waals surface area contributed by atoms with Crippen molar-refractivity contribution in [3.8, 4) is 0 Å². The van der Waals surface area contributed by atoms with Gasteiger partial charge in [0.15, 0.2) is 0 Å². The third-order valence-electron chi connectivity index (χ3n) is 3.02. The Hall–Kier alpha value is -1.75. The van der Waals surface area contributed by atoms with Crippen LogP contribution in [-0.4, -0.2) is 30.0 Å². The van der Waals surface area contributed by atoms with Gasteiger partial charge in [-0.05, 0) is 38.8 Å². The predicted molar refractivity (Wildman–Crippen MR) is 86.7 cm³/mol. The number of amides is 2. The molecule has 0 atom stereocenters. The minimum Gasteiger partial charge on any atom is -0.369 e. The molecule has 6 heteroatoms. The molecule has 20 heavy (non-hydrogen) atoms. The van der Waals surface area contributed by atoms with Crippen molar-refractivity contribution in [2.45, 2.75) is 27.7 Å². The van der Waals surface area contributed by atoms with Gasteiger partial charge in [-0.15, -0.1) is 12.4 Å². The molecule has 0 radical (unpaired) electrons. The second-order valence-corrected chi connectivity index (χ2v) is 4.34. The van der Waals surface area contributed by atoms with Gasteiger partial charge in [-0.25, -0.2) is 4.79 Å². The van der Waals surface area contributed by atoms with Crippen molar-refractivity contribution >= 4 is 30.1 Å². The Morgan fingerprint density at radius 1 is 1.25 bits per heavy atom. The molecular formula is C14H23ClN4O. The molecule has 1 aromatic carbocycles. The van der Waals surface area contributed by atoms with E-state index in [0.717, 1.165) is 29.9 Å². The maximum absolute atomic E-state index is 11.9. The summed E-state index contributed by atoms with van der Waals surface area (Å²) in [5.41, 5.74) is 8.59. The number of halogens is 1. The Morgan fingerprint density at radius 3 is 2.20 bits per heavy atom. The van der Waals surface area contributed by atoms with Crippen LogP contribution in [0.3, 0.4) is 0 Å². The zero-order valence-electron chi connectivity index (χ0n) is 12.4. The summed E-state index contributed by atoms with van der Waals surface area (Å²) in [7, 11) is 0. The van der Waals surface area contributed by atoms with Crippen LogP contribution in [0, 0.1) is 13.8 Å². The Bertz CT molecular complexity index is 464. The summed E-state index contributed by atoms with van der Waals surface area (Å²) in [6, 6.07) is 5.40. The van der Waals surface area contributed by atoms with E-state index in [-0.39, 0.29) is 18.4 Å². The molecule has 2 amide bonds. The van der Waals surface area contributed by atoms with Gasteiger partial charge in [0.1, 0.15) is 0 Å². The Morgan fingerprint density at radius 2 is 1.75 bits per heavy atom. The second-order valence-electron chi connectivity index (χ2n) is 4.34. The highest BCUT2D eigenvalue weighted by molar-refractivity contribution is 5.99. The molecule has 0 aliphatic rings. The van der Waals surface area contributed by atoms with Crippen LogP contribution < -0.4 is 11.1 Å². The second kappa shape index (κ2) is 8.43. The first kappa shape index (κ1) is 18.2. The molecule has 1 rings (SSSR count). The minimum atomic E-state index is -0.443. The van der Waals surface area contributed by atoms with E-state index in [1.165, 1.54) is 0 Å². The van der Waals surface area contributed by atoms with E-state index in [9.17, 15) is 4.79 Å². The molecule has 1 aromatic rings. The third kappa shape index (κ3) is 4.74. The lowest BCUT2D eigenvalue weighted by atomic mass is 10.1. The first-order chi connectivity index (χ1) is 8.99. The number of rotatable bonds is 3. The van der Waals surface area contributed by atoms with Crippen LogP contribution in [0.15, 0.2) is 23.2 Å². The van der Waals surface area contributed by atoms with Crippen molar-refractivity contribution in [2.75, 3.05) is 18.4 Å². The largest absolute Gasteiger partial charge is 0.369 e. The van der Waals surface area contributed by atoms with E-state index in [1.54, 1.807) is 0 Å². The third-order valence-corrected chi connectivity index (χ3v) is 3.02. The van der Waals surface area contributed by atoms with Crippen LogP contribution in [0.2, 0.25) is 0 Å². The number of nitrogens with two attached hydrogens (primary N) is 1. The fraction of sp³-hybridized carbons (Fsp3) is 0.429. The number of carbonyl (C=O) groups excluding carboxylic acids is 1. The molecule has 0 unspecified atom stereocenters. The van der Waals surface area contributed by atoms with Crippen LogP contribution in [-0.2, 0) is 0 Å². The summed E-state index contributed by atoms with van der Waals surface area (Å²) in [5.74, 6) is 0.244. The van der Waals surface area contributed by atoms with Gasteiger partial charge in [-0.1, -0.05) is 18.2 Å². The van der Waals surface area contributed by atoms with Crippen molar-refractivity contribution in [1.82, 2.24) is 4.90 Å². The fourth-order valence-corrected chi connectivity index (χ4v) is 1.87. The normalized spacial score (nSPS) is 10.7. The number of anilines is 1. The summed E-state index contributed by atoms with van der Waals surface area (Å²) in [6.45, 7) is 9.27. The number of hydrogen-bond acceptors (Lipinski definition) is 1. The molecule has 0 heterocycles. The quantitative estimate of drug-likeness (QED) is 0.666. The van der Waals surface area contributed by atoms with Crippen molar-refractivity contribution in [3.63, 3.8) is 0 Å². The van der Waals surface area contributed by atoms with Crippen molar-refractivity contribution in [2.24, 2.45) is 10.7 Å². The monoisotopic (exact) mass is 298 g/mol. The summed E-state index contributed by atoms with van der Waals surface area (Å²) >= 11 is 0. The average molecular weight is 299 g/mol. The lowest BCUT2D eigenvalue weighted by Gasteiger charge is -2.19. The molecule has 112 valence electrons. The number of benzene rings is 1. The summed E-state index contributed by atoms with van der Waals surface area (Å²) < 4.78 is 0. The lowest BCUT2D eigenvalue weighted by molar-refractivity contribution is 0.259. The number of nitrogens with zero attached hydrogens (tertiary/aromatic N) is 2. The van der Waals surface area contributed by atoms with E-state index in [4.69, 9.17) is 5.73 Å². The highest BCUT2D eigenvalue weighted by Crippen LogP contribution is 2.19. The number of guanidine groups is 1. The smallest absolute Gasteiger partial charge is 0.348 e.